The normalized spacial score (nSPS) is 22.9. The van der Waals surface area contributed by atoms with Gasteiger partial charge >= 0.3 is 5.97 Å². The Morgan fingerprint density at radius 2 is 1.73 bits per heavy atom. The third-order valence-corrected chi connectivity index (χ3v) is 9.33. The number of amides is 1. The number of ether oxygens (including phenoxy) is 1. The van der Waals surface area contributed by atoms with E-state index in [2.05, 4.69) is 11.8 Å². The highest BCUT2D eigenvalue weighted by Crippen LogP contribution is 2.45. The van der Waals surface area contributed by atoms with Gasteiger partial charge in [0.15, 0.2) is 0 Å². The van der Waals surface area contributed by atoms with Crippen LogP contribution >= 0.6 is 23.2 Å². The summed E-state index contributed by atoms with van der Waals surface area (Å²) in [5.74, 6) is -1.04. The van der Waals surface area contributed by atoms with Crippen LogP contribution in [0.1, 0.15) is 85.8 Å². The molecule has 1 amide bonds. The summed E-state index contributed by atoms with van der Waals surface area (Å²) in [5, 5.41) is 10.9. The first kappa shape index (κ1) is 29.2. The minimum absolute atomic E-state index is 0.0549. The van der Waals surface area contributed by atoms with Crippen LogP contribution in [0.4, 0.5) is 4.39 Å². The Bertz CT molecular complexity index is 1240. The Hall–Kier alpha value is -2.35. The number of hydrogen-bond acceptors (Lipinski definition) is 4. The maximum atomic E-state index is 15.3. The van der Waals surface area contributed by atoms with Crippen LogP contribution in [0.15, 0.2) is 30.3 Å². The van der Waals surface area contributed by atoms with Crippen LogP contribution in [-0.2, 0) is 4.79 Å². The van der Waals surface area contributed by atoms with Gasteiger partial charge in [-0.15, -0.1) is 0 Å². The van der Waals surface area contributed by atoms with Crippen molar-refractivity contribution in [3.63, 3.8) is 0 Å². The standard InChI is InChI=1S/C31H37Cl2FN2O4/c1-3-19-10-28(31(38)39)36(16-19)30(37)26-14-25(21-4-5-21)29(15-27(26)34)40-17-20-6-8-35(9-7-20)18(2)22-11-23(32)13-24(33)12-22/h11-15,18-21,28H,3-10,16-17H2,1-2H3,(H,38,39)/t18-,19+,28-/m0/s1. The van der Waals surface area contributed by atoms with Gasteiger partial charge in [0.05, 0.1) is 12.2 Å². The number of halogens is 3. The maximum Gasteiger partial charge on any atom is 0.326 e. The molecule has 2 saturated heterocycles. The van der Waals surface area contributed by atoms with Crippen molar-refractivity contribution in [1.29, 1.82) is 0 Å². The lowest BCUT2D eigenvalue weighted by Gasteiger charge is -2.36. The number of hydrogen-bond donors (Lipinski definition) is 1. The van der Waals surface area contributed by atoms with Gasteiger partial charge in [-0.1, -0.05) is 36.5 Å². The Morgan fingerprint density at radius 3 is 2.33 bits per heavy atom. The van der Waals surface area contributed by atoms with Crippen molar-refractivity contribution in [3.8, 4) is 5.75 Å². The molecule has 5 rings (SSSR count). The molecule has 6 nitrogen and oxygen atoms in total. The summed E-state index contributed by atoms with van der Waals surface area (Å²) in [6.07, 6.45) is 5.04. The zero-order valence-corrected chi connectivity index (χ0v) is 24.6. The van der Waals surface area contributed by atoms with Crippen molar-refractivity contribution in [2.45, 2.75) is 70.4 Å². The van der Waals surface area contributed by atoms with E-state index in [4.69, 9.17) is 27.9 Å². The molecule has 0 unspecified atom stereocenters. The van der Waals surface area contributed by atoms with E-state index in [-0.39, 0.29) is 23.4 Å². The van der Waals surface area contributed by atoms with Crippen molar-refractivity contribution in [2.24, 2.45) is 11.8 Å². The number of rotatable bonds is 9. The Balaban J connectivity index is 1.23. The second-order valence-electron chi connectivity index (χ2n) is 11.6. The molecular weight excluding hydrogens is 554 g/mol. The summed E-state index contributed by atoms with van der Waals surface area (Å²) in [4.78, 5) is 28.9. The van der Waals surface area contributed by atoms with Gasteiger partial charge in [0.1, 0.15) is 17.6 Å². The van der Waals surface area contributed by atoms with Gasteiger partial charge < -0.3 is 14.7 Å². The SMILES string of the molecule is CC[C@@H]1C[C@@H](C(=O)O)N(C(=O)c2cc(C3CC3)c(OCC3CCN([C@@H](C)c4cc(Cl)cc(Cl)c4)CC3)cc2F)C1. The van der Waals surface area contributed by atoms with Crippen molar-refractivity contribution in [3.05, 3.63) is 62.9 Å². The number of aliphatic carboxylic acids is 1. The molecule has 0 bridgehead atoms. The van der Waals surface area contributed by atoms with E-state index in [1.807, 2.05) is 19.1 Å². The summed E-state index contributed by atoms with van der Waals surface area (Å²) in [5.41, 5.74) is 1.90. The first-order valence-corrected chi connectivity index (χ1v) is 15.1. The van der Waals surface area contributed by atoms with Gasteiger partial charge in [0.25, 0.3) is 5.91 Å². The first-order chi connectivity index (χ1) is 19.1. The number of nitrogens with zero attached hydrogens (tertiary/aromatic N) is 2. The van der Waals surface area contributed by atoms with E-state index in [0.29, 0.717) is 41.3 Å². The van der Waals surface area contributed by atoms with Gasteiger partial charge in [-0.2, -0.15) is 0 Å². The number of piperidine rings is 1. The highest BCUT2D eigenvalue weighted by Gasteiger charge is 2.40. The summed E-state index contributed by atoms with van der Waals surface area (Å²) in [6.45, 7) is 6.80. The zero-order chi connectivity index (χ0) is 28.6. The number of carbonyl (C=O) groups excluding carboxylic acids is 1. The lowest BCUT2D eigenvalue weighted by molar-refractivity contribution is -0.141. The highest BCUT2D eigenvalue weighted by molar-refractivity contribution is 6.34. The first-order valence-electron chi connectivity index (χ1n) is 14.3. The van der Waals surface area contributed by atoms with E-state index >= 15 is 4.39 Å². The van der Waals surface area contributed by atoms with Crippen LogP contribution in [0.2, 0.25) is 10.0 Å². The minimum Gasteiger partial charge on any atom is -0.493 e. The monoisotopic (exact) mass is 590 g/mol. The molecule has 0 spiro atoms. The van der Waals surface area contributed by atoms with E-state index in [1.165, 1.54) is 11.0 Å². The van der Waals surface area contributed by atoms with Crippen molar-refractivity contribution < 1.29 is 23.8 Å². The molecule has 2 aliphatic heterocycles. The topological polar surface area (TPSA) is 70.1 Å². The molecule has 1 N–H and O–H groups in total. The predicted octanol–water partition coefficient (Wildman–Crippen LogP) is 7.19. The van der Waals surface area contributed by atoms with Crippen LogP contribution in [-0.4, -0.2) is 59.1 Å². The quantitative estimate of drug-likeness (QED) is 0.335. The summed E-state index contributed by atoms with van der Waals surface area (Å²) in [6, 6.07) is 7.90. The summed E-state index contributed by atoms with van der Waals surface area (Å²) >= 11 is 12.4. The molecular formula is C31H37Cl2FN2O4. The van der Waals surface area contributed by atoms with Crippen LogP contribution in [0.3, 0.4) is 0 Å². The molecule has 3 fully saturated rings. The predicted molar refractivity (Wildman–Crippen MR) is 154 cm³/mol. The molecule has 3 atom stereocenters. The second kappa shape index (κ2) is 12.3. The average molecular weight is 592 g/mol. The van der Waals surface area contributed by atoms with Gasteiger partial charge in [-0.3, -0.25) is 9.69 Å². The van der Waals surface area contributed by atoms with Gasteiger partial charge in [0, 0.05) is 28.7 Å². The molecule has 1 aliphatic carbocycles. The van der Waals surface area contributed by atoms with E-state index in [0.717, 1.165) is 56.3 Å². The van der Waals surface area contributed by atoms with Crippen molar-refractivity contribution >= 4 is 35.1 Å². The largest absolute Gasteiger partial charge is 0.493 e. The van der Waals surface area contributed by atoms with Gasteiger partial charge in [-0.25, -0.2) is 9.18 Å². The highest BCUT2D eigenvalue weighted by atomic mass is 35.5. The molecule has 0 aromatic heterocycles. The van der Waals surface area contributed by atoms with E-state index < -0.39 is 23.7 Å². The van der Waals surface area contributed by atoms with Crippen LogP contribution in [0.25, 0.3) is 0 Å². The zero-order valence-electron chi connectivity index (χ0n) is 23.0. The average Bonchev–Trinajstić information content (AvgIpc) is 3.68. The van der Waals surface area contributed by atoms with Crippen LogP contribution in [0, 0.1) is 17.7 Å². The molecule has 0 radical (unpaired) electrons. The van der Waals surface area contributed by atoms with Crippen molar-refractivity contribution in [2.75, 3.05) is 26.2 Å². The molecule has 216 valence electrons. The molecule has 40 heavy (non-hydrogen) atoms. The number of carboxylic acids is 1. The van der Waals surface area contributed by atoms with Crippen LogP contribution < -0.4 is 4.74 Å². The number of likely N-dealkylation sites (tertiary alicyclic amines) is 2. The molecule has 1 saturated carbocycles. The lowest BCUT2D eigenvalue weighted by Crippen LogP contribution is -2.40. The molecule has 9 heteroatoms. The fourth-order valence-corrected chi connectivity index (χ4v) is 6.69. The molecule has 2 heterocycles. The third-order valence-electron chi connectivity index (χ3n) is 8.90. The van der Waals surface area contributed by atoms with Crippen LogP contribution in [0.5, 0.6) is 5.75 Å². The lowest BCUT2D eigenvalue weighted by atomic mass is 9.95. The van der Waals surface area contributed by atoms with E-state index in [9.17, 15) is 14.7 Å². The molecule has 2 aromatic rings. The fraction of sp³-hybridized carbons (Fsp3) is 0.548. The Labute approximate surface area is 245 Å². The minimum atomic E-state index is -1.04. The van der Waals surface area contributed by atoms with E-state index in [1.54, 1.807) is 12.1 Å². The fourth-order valence-electron chi connectivity index (χ4n) is 6.15. The third kappa shape index (κ3) is 6.42. The number of carboxylic acid groups (broad SMARTS) is 1. The second-order valence-corrected chi connectivity index (χ2v) is 12.5. The van der Waals surface area contributed by atoms with Crippen molar-refractivity contribution in [1.82, 2.24) is 9.80 Å². The Kier molecular flexibility index (Phi) is 8.93. The number of benzene rings is 2. The maximum absolute atomic E-state index is 15.3. The summed E-state index contributed by atoms with van der Waals surface area (Å²) in [7, 11) is 0. The Morgan fingerprint density at radius 1 is 1.05 bits per heavy atom. The summed E-state index contributed by atoms with van der Waals surface area (Å²) < 4.78 is 21.6. The van der Waals surface area contributed by atoms with Gasteiger partial charge in [-0.05, 0) is 105 Å². The van der Waals surface area contributed by atoms with Gasteiger partial charge in [0.2, 0.25) is 0 Å². The smallest absolute Gasteiger partial charge is 0.326 e. The number of carbonyl (C=O) groups is 2. The molecule has 3 aliphatic rings. The molecule has 2 aromatic carbocycles.